The normalized spacial score (nSPS) is 25.3. The second kappa shape index (κ2) is 8.08. The Hall–Kier alpha value is -1.49. The fraction of sp³-hybridized carbons (Fsp3) is 0.571. The van der Waals surface area contributed by atoms with Crippen molar-refractivity contribution in [3.63, 3.8) is 0 Å². The van der Waals surface area contributed by atoms with Crippen LogP contribution in [0.3, 0.4) is 0 Å². The minimum Gasteiger partial charge on any atom is -0.395 e. The van der Waals surface area contributed by atoms with Crippen molar-refractivity contribution in [3.8, 4) is 12.3 Å². The highest BCUT2D eigenvalue weighted by Crippen LogP contribution is 2.35. The molecule has 1 aliphatic rings. The molecule has 0 spiro atoms. The van der Waals surface area contributed by atoms with Gasteiger partial charge in [0.15, 0.2) is 0 Å². The Morgan fingerprint density at radius 2 is 2.24 bits per heavy atom. The van der Waals surface area contributed by atoms with Crippen LogP contribution < -0.4 is 0 Å². The molecule has 0 aromatic rings. The van der Waals surface area contributed by atoms with Gasteiger partial charge in [-0.1, -0.05) is 5.92 Å². The van der Waals surface area contributed by atoms with Gasteiger partial charge in [-0.25, -0.2) is 0 Å². The first-order valence-electron chi connectivity index (χ1n) is 6.49. The number of hydrogen-bond acceptors (Lipinski definition) is 5. The van der Waals surface area contributed by atoms with Crippen molar-refractivity contribution >= 4 is 24.1 Å². The average molecular weight is 312 g/mol. The summed E-state index contributed by atoms with van der Waals surface area (Å²) in [6, 6.07) is 0. The van der Waals surface area contributed by atoms with Crippen molar-refractivity contribution < 1.29 is 19.8 Å². The lowest BCUT2D eigenvalue weighted by Crippen LogP contribution is -2.31. The molecule has 21 heavy (non-hydrogen) atoms. The molecule has 1 fully saturated rings. The first-order valence-corrected chi connectivity index (χ1v) is 7.43. The molecule has 0 aliphatic carbocycles. The number of terminal acetylenes is 1. The molecule has 3 unspecified atom stereocenters. The van der Waals surface area contributed by atoms with Crippen molar-refractivity contribution in [3.05, 3.63) is 11.8 Å². The molecule has 2 amide bonds. The molecule has 0 aromatic carbocycles. The van der Waals surface area contributed by atoms with Gasteiger partial charge in [0.25, 0.3) is 5.91 Å². The van der Waals surface area contributed by atoms with E-state index in [-0.39, 0.29) is 29.7 Å². The number of nitrogens with zero attached hydrogens (tertiary/aromatic N) is 2. The fourth-order valence-corrected chi connectivity index (χ4v) is 3.37. The maximum atomic E-state index is 12.0. The Bertz CT molecular complexity index is 460. The van der Waals surface area contributed by atoms with E-state index in [0.717, 1.165) is 0 Å². The summed E-state index contributed by atoms with van der Waals surface area (Å²) in [6.07, 6.45) is 6.91. The Morgan fingerprint density at radius 3 is 2.71 bits per heavy atom. The molecule has 0 saturated carbocycles. The van der Waals surface area contributed by atoms with Gasteiger partial charge in [0.1, 0.15) is 0 Å². The van der Waals surface area contributed by atoms with Crippen LogP contribution >= 0.6 is 11.8 Å². The summed E-state index contributed by atoms with van der Waals surface area (Å²) in [4.78, 5) is 25.9. The highest BCUT2D eigenvalue weighted by molar-refractivity contribution is 8.00. The number of rotatable bonds is 6. The van der Waals surface area contributed by atoms with E-state index in [1.807, 2.05) is 0 Å². The zero-order valence-electron chi connectivity index (χ0n) is 12.1. The van der Waals surface area contributed by atoms with Gasteiger partial charge >= 0.3 is 0 Å². The first-order chi connectivity index (χ1) is 9.94. The van der Waals surface area contributed by atoms with E-state index in [9.17, 15) is 14.7 Å². The van der Waals surface area contributed by atoms with Gasteiger partial charge in [0, 0.05) is 25.2 Å². The average Bonchev–Trinajstić information content (AvgIpc) is 2.84. The van der Waals surface area contributed by atoms with Crippen molar-refractivity contribution in [2.24, 2.45) is 0 Å². The quantitative estimate of drug-likeness (QED) is 0.397. The summed E-state index contributed by atoms with van der Waals surface area (Å²) in [5.41, 5.74) is 0.377. The molecule has 1 aliphatic heterocycles. The predicted octanol–water partition coefficient (Wildman–Crippen LogP) is -0.375. The lowest BCUT2D eigenvalue weighted by molar-refractivity contribution is -0.125. The number of carbonyl (C=O) groups excluding carboxylic acids is 2. The minimum atomic E-state index is -0.666. The summed E-state index contributed by atoms with van der Waals surface area (Å²) >= 11 is 1.32. The number of thioether (sulfide) groups is 1. The van der Waals surface area contributed by atoms with Crippen LogP contribution in [0.2, 0.25) is 0 Å². The van der Waals surface area contributed by atoms with Crippen molar-refractivity contribution in [2.45, 2.75) is 30.1 Å². The van der Waals surface area contributed by atoms with Gasteiger partial charge in [-0.3, -0.25) is 9.59 Å². The van der Waals surface area contributed by atoms with Crippen LogP contribution in [0.5, 0.6) is 0 Å². The van der Waals surface area contributed by atoms with Crippen LogP contribution in [0.4, 0.5) is 0 Å². The number of aliphatic hydroxyl groups excluding tert-OH is 2. The molecule has 6 nitrogen and oxygen atoms in total. The molecule has 116 valence electrons. The van der Waals surface area contributed by atoms with Crippen molar-refractivity contribution in [1.29, 1.82) is 0 Å². The molecule has 1 saturated heterocycles. The van der Waals surface area contributed by atoms with E-state index < -0.39 is 6.10 Å². The zero-order chi connectivity index (χ0) is 16.0. The molecule has 0 bridgehead atoms. The molecule has 3 atom stereocenters. The lowest BCUT2D eigenvalue weighted by atomic mass is 10.2. The summed E-state index contributed by atoms with van der Waals surface area (Å²) in [5, 5.41) is 18.3. The maximum absolute atomic E-state index is 12.0. The summed E-state index contributed by atoms with van der Waals surface area (Å²) in [7, 11) is 1.58. The first kappa shape index (κ1) is 17.6. The van der Waals surface area contributed by atoms with Gasteiger partial charge in [-0.2, -0.15) is 0 Å². The van der Waals surface area contributed by atoms with E-state index in [1.165, 1.54) is 27.8 Å². The van der Waals surface area contributed by atoms with Crippen LogP contribution in [0.25, 0.3) is 0 Å². The van der Waals surface area contributed by atoms with Gasteiger partial charge < -0.3 is 20.0 Å². The van der Waals surface area contributed by atoms with Crippen LogP contribution in [0.1, 0.15) is 13.3 Å². The van der Waals surface area contributed by atoms with Gasteiger partial charge in [-0.15, -0.1) is 18.2 Å². The molecule has 1 heterocycles. The monoisotopic (exact) mass is 312 g/mol. The standard InChI is InChI=1S/C14H20N2O4S/c1-4-5-15(3)14(20)10(2)7-16(9-18)13-6-11(19)12(8-17)21-13/h1,7,9,11-13,17,19H,5-6,8H2,2-3H3/b10-7-. The third-order valence-corrected chi connectivity index (χ3v) is 4.76. The van der Waals surface area contributed by atoms with Gasteiger partial charge in [0.2, 0.25) is 6.41 Å². The SMILES string of the molecule is C#CCN(C)C(=O)/C(C)=C\N(C=O)C1CC(O)C(CO)S1. The molecule has 1 rings (SSSR count). The highest BCUT2D eigenvalue weighted by atomic mass is 32.2. The predicted molar refractivity (Wildman–Crippen MR) is 81.0 cm³/mol. The Morgan fingerprint density at radius 1 is 1.57 bits per heavy atom. The minimum absolute atomic E-state index is 0.151. The van der Waals surface area contributed by atoms with E-state index in [4.69, 9.17) is 11.5 Å². The summed E-state index contributed by atoms with van der Waals surface area (Å²) < 4.78 is 0. The lowest BCUT2D eigenvalue weighted by Gasteiger charge is -2.22. The maximum Gasteiger partial charge on any atom is 0.251 e. The van der Waals surface area contributed by atoms with Crippen LogP contribution in [0, 0.1) is 12.3 Å². The number of amides is 2. The third kappa shape index (κ3) is 4.49. The molecule has 7 heteroatoms. The van der Waals surface area contributed by atoms with Crippen LogP contribution in [-0.4, -0.2) is 69.3 Å². The van der Waals surface area contributed by atoms with Gasteiger partial charge in [0.05, 0.1) is 29.9 Å². The van der Waals surface area contributed by atoms with E-state index in [0.29, 0.717) is 18.4 Å². The Kier molecular flexibility index (Phi) is 6.75. The van der Waals surface area contributed by atoms with E-state index in [1.54, 1.807) is 14.0 Å². The fourth-order valence-electron chi connectivity index (χ4n) is 2.03. The summed E-state index contributed by atoms with van der Waals surface area (Å²) in [5.74, 6) is 2.11. The molecule has 0 radical (unpaired) electrons. The Balaban J connectivity index is 2.77. The number of aliphatic hydroxyl groups is 2. The van der Waals surface area contributed by atoms with E-state index in [2.05, 4.69) is 5.92 Å². The topological polar surface area (TPSA) is 81.1 Å². The van der Waals surface area contributed by atoms with Crippen molar-refractivity contribution in [1.82, 2.24) is 9.80 Å². The second-order valence-corrected chi connectivity index (χ2v) is 6.27. The number of likely N-dealkylation sites (N-methyl/N-ethyl adjacent to an activating group) is 1. The second-order valence-electron chi connectivity index (χ2n) is 4.84. The molecule has 0 aromatic heterocycles. The molecule has 2 N–H and O–H groups in total. The van der Waals surface area contributed by atoms with Crippen LogP contribution in [0.15, 0.2) is 11.8 Å². The number of hydrogen-bond donors (Lipinski definition) is 2. The van der Waals surface area contributed by atoms with Crippen LogP contribution in [-0.2, 0) is 9.59 Å². The largest absolute Gasteiger partial charge is 0.395 e. The van der Waals surface area contributed by atoms with Crippen molar-refractivity contribution in [2.75, 3.05) is 20.2 Å². The number of carbonyl (C=O) groups is 2. The summed E-state index contributed by atoms with van der Waals surface area (Å²) in [6.45, 7) is 1.64. The Labute approximate surface area is 128 Å². The smallest absolute Gasteiger partial charge is 0.251 e. The molecular weight excluding hydrogens is 292 g/mol. The molecular formula is C14H20N2O4S. The van der Waals surface area contributed by atoms with Gasteiger partial charge in [-0.05, 0) is 6.92 Å². The highest BCUT2D eigenvalue weighted by Gasteiger charge is 2.36. The zero-order valence-corrected chi connectivity index (χ0v) is 12.9. The third-order valence-electron chi connectivity index (χ3n) is 3.19. The van der Waals surface area contributed by atoms with E-state index >= 15 is 0 Å².